The molecule has 0 saturated carbocycles. The fourth-order valence-electron chi connectivity index (χ4n) is 8.62. The van der Waals surface area contributed by atoms with E-state index in [-0.39, 0.29) is 0 Å². The van der Waals surface area contributed by atoms with E-state index < -0.39 is 0 Å². The van der Waals surface area contributed by atoms with Gasteiger partial charge in [0.25, 0.3) is 0 Å². The van der Waals surface area contributed by atoms with Gasteiger partial charge in [0.2, 0.25) is 0 Å². The third-order valence-corrected chi connectivity index (χ3v) is 11.3. The number of para-hydroxylation sites is 1. The summed E-state index contributed by atoms with van der Waals surface area (Å²) in [7, 11) is 2.12. The molecular weight excluding hydrogens is 759 g/mol. The van der Waals surface area contributed by atoms with Crippen molar-refractivity contribution in [3.63, 3.8) is 0 Å². The first-order valence-corrected chi connectivity index (χ1v) is 20.7. The molecule has 0 aliphatic carbocycles. The number of nitrogens with two attached hydrogens (primary N) is 1. The van der Waals surface area contributed by atoms with Gasteiger partial charge in [0.15, 0.2) is 0 Å². The van der Waals surface area contributed by atoms with Crippen LogP contribution in [0.1, 0.15) is 43.2 Å². The molecule has 7 rings (SSSR count). The van der Waals surface area contributed by atoms with Gasteiger partial charge in [0, 0.05) is 75.1 Å². The van der Waals surface area contributed by atoms with E-state index in [0.717, 1.165) is 99.8 Å². The molecule has 0 radical (unpaired) electrons. The Hall–Kier alpha value is -7.90. The Morgan fingerprint density at radius 2 is 1.55 bits per heavy atom. The summed E-state index contributed by atoms with van der Waals surface area (Å²) in [5.41, 5.74) is 18.0. The van der Waals surface area contributed by atoms with Crippen molar-refractivity contribution in [3.8, 4) is 5.69 Å². The minimum atomic E-state index is 0.592. The van der Waals surface area contributed by atoms with Gasteiger partial charge < -0.3 is 25.2 Å². The highest BCUT2D eigenvalue weighted by atomic mass is 15.1. The maximum absolute atomic E-state index is 7.80. The SMILES string of the molecule is C=C/C=c1\c(=C/C)c(/C=C(\CN(C)c2ccc3c(c2)c(C=C)c(/C=C\C)n3/C(C=C)=C/C=N)c2ccccc2)c(N=C)n1-c1ccc2c(c1)c1ccccc1n2C(/C=C\N)=C/C. The molecule has 0 fully saturated rings. The van der Waals surface area contributed by atoms with Gasteiger partial charge in [0.1, 0.15) is 5.82 Å². The Kier molecular flexibility index (Phi) is 12.6. The lowest BCUT2D eigenvalue weighted by Gasteiger charge is -2.22. The van der Waals surface area contributed by atoms with E-state index >= 15 is 0 Å². The molecule has 7 aromatic rings. The number of benzene rings is 4. The molecule has 308 valence electrons. The summed E-state index contributed by atoms with van der Waals surface area (Å²) in [6, 6.07) is 32.0. The molecule has 0 bridgehead atoms. The number of aromatic nitrogens is 3. The fraction of sp³-hybridized carbons (Fsp3) is 0.0909. The van der Waals surface area contributed by atoms with E-state index in [1.807, 2.05) is 50.3 Å². The van der Waals surface area contributed by atoms with Crippen LogP contribution in [0.3, 0.4) is 0 Å². The molecule has 0 saturated heterocycles. The lowest BCUT2D eigenvalue weighted by Crippen LogP contribution is -2.29. The number of hydrogen-bond acceptors (Lipinski definition) is 4. The second kappa shape index (κ2) is 18.6. The second-order valence-electron chi connectivity index (χ2n) is 14.7. The van der Waals surface area contributed by atoms with Gasteiger partial charge in [-0.25, -0.2) is 4.99 Å². The molecule has 0 atom stereocenters. The van der Waals surface area contributed by atoms with Crippen LogP contribution in [0.25, 0.3) is 85.7 Å². The summed E-state index contributed by atoms with van der Waals surface area (Å²) in [4.78, 5) is 7.04. The van der Waals surface area contributed by atoms with Crippen molar-refractivity contribution < 1.29 is 0 Å². The Balaban J connectivity index is 1.42. The van der Waals surface area contributed by atoms with Crippen molar-refractivity contribution in [1.82, 2.24) is 13.7 Å². The topological polar surface area (TPSA) is 80.3 Å². The predicted molar refractivity (Wildman–Crippen MR) is 273 cm³/mol. The van der Waals surface area contributed by atoms with Gasteiger partial charge >= 0.3 is 0 Å². The first kappa shape index (κ1) is 42.2. The number of aliphatic imine (C=N–C) groups is 1. The molecule has 7 heteroatoms. The van der Waals surface area contributed by atoms with Gasteiger partial charge in [-0.1, -0.05) is 98.6 Å². The summed E-state index contributed by atoms with van der Waals surface area (Å²) >= 11 is 0. The van der Waals surface area contributed by atoms with Gasteiger partial charge in [-0.3, -0.25) is 4.57 Å². The Bertz CT molecular complexity index is 3190. The highest BCUT2D eigenvalue weighted by Crippen LogP contribution is 2.37. The molecule has 0 unspecified atom stereocenters. The van der Waals surface area contributed by atoms with Crippen molar-refractivity contribution in [2.75, 3.05) is 18.5 Å². The Morgan fingerprint density at radius 3 is 2.21 bits per heavy atom. The van der Waals surface area contributed by atoms with Crippen molar-refractivity contribution in [2.24, 2.45) is 10.7 Å². The van der Waals surface area contributed by atoms with E-state index in [1.54, 1.807) is 18.4 Å². The monoisotopic (exact) mass is 811 g/mol. The summed E-state index contributed by atoms with van der Waals surface area (Å²) in [6.45, 7) is 23.2. The molecule has 3 aromatic heterocycles. The number of fused-ring (bicyclic) bond motifs is 4. The minimum Gasteiger partial charge on any atom is -0.405 e. The molecule has 7 nitrogen and oxygen atoms in total. The first-order valence-electron chi connectivity index (χ1n) is 20.7. The van der Waals surface area contributed by atoms with Gasteiger partial charge in [0.05, 0.1) is 27.6 Å². The molecule has 0 aliphatic rings. The highest BCUT2D eigenvalue weighted by molar-refractivity contribution is 6.11. The van der Waals surface area contributed by atoms with Crippen molar-refractivity contribution in [3.05, 3.63) is 186 Å². The maximum Gasteiger partial charge on any atom is 0.144 e. The molecular formula is C55H53N7. The van der Waals surface area contributed by atoms with Gasteiger partial charge in [-0.05, 0) is 124 Å². The van der Waals surface area contributed by atoms with E-state index in [1.165, 1.54) is 6.21 Å². The van der Waals surface area contributed by atoms with E-state index in [4.69, 9.17) is 16.1 Å². The molecule has 3 N–H and O–H groups in total. The number of nitrogens with one attached hydrogen (secondary N) is 1. The molecule has 3 heterocycles. The molecule has 4 aromatic carbocycles. The summed E-state index contributed by atoms with van der Waals surface area (Å²) in [6.07, 6.45) is 24.7. The number of allylic oxidation sites excluding steroid dienone is 8. The first-order chi connectivity index (χ1) is 30.3. The number of nitrogens with zero attached hydrogens (tertiary/aromatic N) is 5. The van der Waals surface area contributed by atoms with Crippen LogP contribution in [-0.4, -0.2) is 40.2 Å². The van der Waals surface area contributed by atoms with E-state index in [2.05, 4.69) is 168 Å². The smallest absolute Gasteiger partial charge is 0.144 e. The predicted octanol–water partition coefficient (Wildman–Crippen LogP) is 12.0. The van der Waals surface area contributed by atoms with Crippen LogP contribution in [-0.2, 0) is 0 Å². The second-order valence-corrected chi connectivity index (χ2v) is 14.7. The van der Waals surface area contributed by atoms with Gasteiger partial charge in [-0.15, -0.1) is 0 Å². The molecule has 0 spiro atoms. The van der Waals surface area contributed by atoms with Crippen LogP contribution < -0.4 is 21.2 Å². The number of anilines is 1. The normalized spacial score (nSPS) is 13.3. The quantitative estimate of drug-likeness (QED) is 0.0799. The van der Waals surface area contributed by atoms with E-state index in [0.29, 0.717) is 6.54 Å². The van der Waals surface area contributed by atoms with Crippen LogP contribution in [0, 0.1) is 5.41 Å². The molecule has 0 aliphatic heterocycles. The summed E-state index contributed by atoms with van der Waals surface area (Å²) in [5.74, 6) is 0.733. The average molecular weight is 812 g/mol. The van der Waals surface area contributed by atoms with Crippen molar-refractivity contribution in [2.45, 2.75) is 20.8 Å². The van der Waals surface area contributed by atoms with E-state index in [9.17, 15) is 0 Å². The number of likely N-dealkylation sites (N-methyl/N-ethyl adjacent to an activating group) is 1. The standard InChI is InChI=1S/C55H53N7/c1-9-20-50-44(13-5)47-35-42(26-28-53(47)60(50)40(11-3)30-32-56)59(8)37-39(38-22-16-15-17-23-38)34-49-45(14-6)51(21-10-2)62(55(49)58-7)43-27-29-54-48(36-43)46-24-18-19-25-52(46)61(54)41(12-4)31-33-57/h9-36,56H,2-3,5,7,37,57H2,1,4,6,8H3/b20-9-,33-31-,39-34+,40-30+,41-12+,45-14-,51-21+,56-32?. The minimum absolute atomic E-state index is 0.592. The maximum atomic E-state index is 7.80. The van der Waals surface area contributed by atoms with Crippen LogP contribution in [0.4, 0.5) is 11.5 Å². The van der Waals surface area contributed by atoms with Crippen LogP contribution >= 0.6 is 0 Å². The number of hydrogen-bond donors (Lipinski definition) is 2. The lowest BCUT2D eigenvalue weighted by atomic mass is 10.0. The van der Waals surface area contributed by atoms with Gasteiger partial charge in [-0.2, -0.15) is 0 Å². The zero-order valence-corrected chi connectivity index (χ0v) is 36.0. The highest BCUT2D eigenvalue weighted by Gasteiger charge is 2.20. The average Bonchev–Trinajstić information content (AvgIpc) is 3.91. The fourth-order valence-corrected chi connectivity index (χ4v) is 8.62. The molecule has 62 heavy (non-hydrogen) atoms. The largest absolute Gasteiger partial charge is 0.405 e. The third kappa shape index (κ3) is 7.45. The zero-order chi connectivity index (χ0) is 43.9. The van der Waals surface area contributed by atoms with Crippen molar-refractivity contribution in [1.29, 1.82) is 5.41 Å². The Labute approximate surface area is 364 Å². The van der Waals surface area contributed by atoms with Crippen LogP contribution in [0.5, 0.6) is 0 Å². The summed E-state index contributed by atoms with van der Waals surface area (Å²) < 4.78 is 6.57. The zero-order valence-electron chi connectivity index (χ0n) is 36.0. The third-order valence-electron chi connectivity index (χ3n) is 11.3. The molecule has 0 amide bonds. The Morgan fingerprint density at radius 1 is 0.823 bits per heavy atom. The van der Waals surface area contributed by atoms with Crippen LogP contribution in [0.15, 0.2) is 158 Å². The van der Waals surface area contributed by atoms with Crippen LogP contribution in [0.2, 0.25) is 0 Å². The lowest BCUT2D eigenvalue weighted by molar-refractivity contribution is 1.03. The summed E-state index contributed by atoms with van der Waals surface area (Å²) in [5, 5.41) is 13.1. The number of rotatable bonds is 15. The van der Waals surface area contributed by atoms with Crippen molar-refractivity contribution >= 4 is 104 Å².